The predicted octanol–water partition coefficient (Wildman–Crippen LogP) is 3.88. The number of amides is 1. The molecular formula is C11H10Cl3NO. The fourth-order valence-corrected chi connectivity index (χ4v) is 2.49. The van der Waals surface area contributed by atoms with E-state index in [-0.39, 0.29) is 10.9 Å². The number of nitrogens with zero attached hydrogens (tertiary/aromatic N) is 1. The van der Waals surface area contributed by atoms with Crippen LogP contribution in [0.4, 0.5) is 0 Å². The monoisotopic (exact) mass is 277 g/mol. The van der Waals surface area contributed by atoms with Gasteiger partial charge in [0.15, 0.2) is 0 Å². The van der Waals surface area contributed by atoms with Crippen molar-refractivity contribution in [2.45, 2.75) is 12.8 Å². The van der Waals surface area contributed by atoms with Crippen LogP contribution in [0.25, 0.3) is 0 Å². The van der Waals surface area contributed by atoms with E-state index in [0.29, 0.717) is 15.6 Å². The number of hydrogen-bond donors (Lipinski definition) is 0. The van der Waals surface area contributed by atoms with Gasteiger partial charge in [-0.3, -0.25) is 4.79 Å². The second-order valence-electron chi connectivity index (χ2n) is 3.72. The highest BCUT2D eigenvalue weighted by atomic mass is 35.5. The minimum absolute atomic E-state index is 0.130. The Kier molecular flexibility index (Phi) is 3.63. The van der Waals surface area contributed by atoms with E-state index in [0.717, 1.165) is 25.9 Å². The molecule has 0 aromatic heterocycles. The Morgan fingerprint density at radius 3 is 2.25 bits per heavy atom. The van der Waals surface area contributed by atoms with Gasteiger partial charge in [-0.25, -0.2) is 0 Å². The summed E-state index contributed by atoms with van der Waals surface area (Å²) in [5, 5.41) is 0.950. The molecule has 1 saturated heterocycles. The van der Waals surface area contributed by atoms with Crippen molar-refractivity contribution in [3.05, 3.63) is 32.8 Å². The van der Waals surface area contributed by atoms with Crippen molar-refractivity contribution in [3.8, 4) is 0 Å². The van der Waals surface area contributed by atoms with Gasteiger partial charge in [-0.05, 0) is 25.0 Å². The average molecular weight is 279 g/mol. The molecule has 0 N–H and O–H groups in total. The van der Waals surface area contributed by atoms with Crippen LogP contribution in [-0.2, 0) is 0 Å². The van der Waals surface area contributed by atoms with Gasteiger partial charge in [-0.15, -0.1) is 0 Å². The minimum Gasteiger partial charge on any atom is -0.339 e. The Morgan fingerprint density at radius 1 is 1.06 bits per heavy atom. The van der Waals surface area contributed by atoms with E-state index in [1.165, 1.54) is 0 Å². The Labute approximate surface area is 109 Å². The molecule has 1 aliphatic rings. The molecule has 5 heteroatoms. The molecular weight excluding hydrogens is 268 g/mol. The second-order valence-corrected chi connectivity index (χ2v) is 4.91. The maximum atomic E-state index is 12.1. The Morgan fingerprint density at radius 2 is 1.62 bits per heavy atom. The summed E-state index contributed by atoms with van der Waals surface area (Å²) in [7, 11) is 0. The highest BCUT2D eigenvalue weighted by Crippen LogP contribution is 2.32. The Hall–Kier alpha value is -0.440. The summed E-state index contributed by atoms with van der Waals surface area (Å²) in [6.07, 6.45) is 2.06. The van der Waals surface area contributed by atoms with Crippen LogP contribution in [0.3, 0.4) is 0 Å². The van der Waals surface area contributed by atoms with Gasteiger partial charge >= 0.3 is 0 Å². The first-order chi connectivity index (χ1) is 7.61. The fourth-order valence-electron chi connectivity index (χ4n) is 1.80. The van der Waals surface area contributed by atoms with Gasteiger partial charge < -0.3 is 4.90 Å². The molecule has 0 radical (unpaired) electrons. The van der Waals surface area contributed by atoms with Crippen molar-refractivity contribution >= 4 is 40.7 Å². The maximum Gasteiger partial charge on any atom is 0.256 e. The lowest BCUT2D eigenvalue weighted by Gasteiger charge is -2.17. The van der Waals surface area contributed by atoms with E-state index in [1.54, 1.807) is 17.0 Å². The standard InChI is InChI=1S/C11H10Cl3NO/c12-7-3-4-8(13)10(14)9(7)11(16)15-5-1-2-6-15/h3-4H,1-2,5-6H2. The van der Waals surface area contributed by atoms with Crippen molar-refractivity contribution in [2.24, 2.45) is 0 Å². The topological polar surface area (TPSA) is 20.3 Å². The second kappa shape index (κ2) is 4.82. The van der Waals surface area contributed by atoms with Gasteiger partial charge in [0.25, 0.3) is 5.91 Å². The summed E-state index contributed by atoms with van der Waals surface area (Å²) in [6, 6.07) is 3.19. The lowest BCUT2D eigenvalue weighted by Crippen LogP contribution is -2.28. The van der Waals surface area contributed by atoms with E-state index in [1.807, 2.05) is 0 Å². The van der Waals surface area contributed by atoms with Gasteiger partial charge in [0.05, 0.1) is 20.6 Å². The van der Waals surface area contributed by atoms with Crippen molar-refractivity contribution in [1.29, 1.82) is 0 Å². The largest absolute Gasteiger partial charge is 0.339 e. The molecule has 0 saturated carbocycles. The number of rotatable bonds is 1. The molecule has 0 atom stereocenters. The highest BCUT2D eigenvalue weighted by Gasteiger charge is 2.24. The molecule has 1 aromatic carbocycles. The number of carbonyl (C=O) groups is 1. The van der Waals surface area contributed by atoms with E-state index in [9.17, 15) is 4.79 Å². The summed E-state index contributed by atoms with van der Waals surface area (Å²) in [5.41, 5.74) is 0.317. The molecule has 0 bridgehead atoms. The lowest BCUT2D eigenvalue weighted by atomic mass is 10.2. The number of likely N-dealkylation sites (tertiary alicyclic amines) is 1. The summed E-state index contributed by atoms with van der Waals surface area (Å²) in [4.78, 5) is 13.9. The van der Waals surface area contributed by atoms with Crippen LogP contribution in [-0.4, -0.2) is 23.9 Å². The van der Waals surface area contributed by atoms with Gasteiger partial charge in [0.1, 0.15) is 0 Å². The quantitative estimate of drug-likeness (QED) is 0.714. The Bertz CT molecular complexity index is 427. The molecule has 1 heterocycles. The van der Waals surface area contributed by atoms with Crippen LogP contribution >= 0.6 is 34.8 Å². The molecule has 0 aliphatic carbocycles. The van der Waals surface area contributed by atoms with Crippen LogP contribution in [0.5, 0.6) is 0 Å². The van der Waals surface area contributed by atoms with Crippen LogP contribution < -0.4 is 0 Å². The molecule has 0 unspecified atom stereocenters. The molecule has 1 amide bonds. The molecule has 1 aliphatic heterocycles. The first-order valence-electron chi connectivity index (χ1n) is 5.04. The van der Waals surface area contributed by atoms with Crippen LogP contribution in [0.15, 0.2) is 12.1 Å². The van der Waals surface area contributed by atoms with E-state index < -0.39 is 0 Å². The maximum absolute atomic E-state index is 12.1. The normalized spacial score (nSPS) is 15.6. The molecule has 1 fully saturated rings. The van der Waals surface area contributed by atoms with E-state index in [4.69, 9.17) is 34.8 Å². The van der Waals surface area contributed by atoms with Crippen LogP contribution in [0, 0.1) is 0 Å². The highest BCUT2D eigenvalue weighted by molar-refractivity contribution is 6.46. The van der Waals surface area contributed by atoms with Crippen molar-refractivity contribution in [3.63, 3.8) is 0 Å². The average Bonchev–Trinajstić information content (AvgIpc) is 2.77. The number of hydrogen-bond acceptors (Lipinski definition) is 1. The first kappa shape index (κ1) is 12.0. The Balaban J connectivity index is 2.39. The van der Waals surface area contributed by atoms with Gasteiger partial charge in [0, 0.05) is 13.1 Å². The van der Waals surface area contributed by atoms with Gasteiger partial charge in [0.2, 0.25) is 0 Å². The molecule has 86 valence electrons. The summed E-state index contributed by atoms with van der Waals surface area (Å²) in [5.74, 6) is -0.130. The summed E-state index contributed by atoms with van der Waals surface area (Å²) in [6.45, 7) is 1.52. The smallest absolute Gasteiger partial charge is 0.256 e. The third kappa shape index (κ3) is 2.15. The van der Waals surface area contributed by atoms with Crippen LogP contribution in [0.2, 0.25) is 15.1 Å². The molecule has 16 heavy (non-hydrogen) atoms. The third-order valence-corrected chi connectivity index (χ3v) is 3.77. The molecule has 0 spiro atoms. The summed E-state index contributed by atoms with van der Waals surface area (Å²) < 4.78 is 0. The molecule has 2 nitrogen and oxygen atoms in total. The number of carbonyl (C=O) groups excluding carboxylic acids is 1. The zero-order chi connectivity index (χ0) is 11.7. The zero-order valence-electron chi connectivity index (χ0n) is 8.47. The predicted molar refractivity (Wildman–Crippen MR) is 66.6 cm³/mol. The van der Waals surface area contributed by atoms with Crippen LogP contribution in [0.1, 0.15) is 23.2 Å². The molecule has 1 aromatic rings. The van der Waals surface area contributed by atoms with Crippen molar-refractivity contribution in [2.75, 3.05) is 13.1 Å². The third-order valence-electron chi connectivity index (χ3n) is 2.65. The van der Waals surface area contributed by atoms with Gasteiger partial charge in [-0.2, -0.15) is 0 Å². The minimum atomic E-state index is -0.130. The van der Waals surface area contributed by atoms with Gasteiger partial charge in [-0.1, -0.05) is 34.8 Å². The van der Waals surface area contributed by atoms with E-state index >= 15 is 0 Å². The lowest BCUT2D eigenvalue weighted by molar-refractivity contribution is 0.0793. The fraction of sp³-hybridized carbons (Fsp3) is 0.364. The SMILES string of the molecule is O=C(c1c(Cl)ccc(Cl)c1Cl)N1CCCC1. The number of benzene rings is 1. The van der Waals surface area contributed by atoms with Crippen molar-refractivity contribution in [1.82, 2.24) is 4.90 Å². The van der Waals surface area contributed by atoms with Crippen molar-refractivity contribution < 1.29 is 4.79 Å². The summed E-state index contributed by atoms with van der Waals surface area (Å²) >= 11 is 17.9. The van der Waals surface area contributed by atoms with E-state index in [2.05, 4.69) is 0 Å². The molecule has 2 rings (SSSR count). The zero-order valence-corrected chi connectivity index (χ0v) is 10.7. The number of halogens is 3. The first-order valence-corrected chi connectivity index (χ1v) is 6.17.